The number of carboxylic acids is 1. The van der Waals surface area contributed by atoms with E-state index in [1.165, 1.54) is 0 Å². The molecule has 0 saturated heterocycles. The van der Waals surface area contributed by atoms with Crippen LogP contribution in [0.15, 0.2) is 30.3 Å². The molecule has 5 heteroatoms. The Morgan fingerprint density at radius 2 is 1.74 bits per heavy atom. The Morgan fingerprint density at radius 1 is 1.21 bits per heavy atom. The van der Waals surface area contributed by atoms with E-state index in [4.69, 9.17) is 10.8 Å². The van der Waals surface area contributed by atoms with Crippen LogP contribution in [-0.2, 0) is 9.59 Å². The molecule has 0 fully saturated rings. The average molecular weight is 264 g/mol. The van der Waals surface area contributed by atoms with Gasteiger partial charge in [-0.15, -0.1) is 0 Å². The zero-order valence-corrected chi connectivity index (χ0v) is 11.4. The molecule has 0 radical (unpaired) electrons. The molecule has 4 N–H and O–H groups in total. The van der Waals surface area contributed by atoms with Crippen molar-refractivity contribution >= 4 is 11.9 Å². The van der Waals surface area contributed by atoms with Crippen LogP contribution in [0.25, 0.3) is 0 Å². The van der Waals surface area contributed by atoms with Crippen molar-refractivity contribution in [2.45, 2.75) is 32.9 Å². The fourth-order valence-electron chi connectivity index (χ4n) is 1.69. The fraction of sp³-hybridized carbons (Fsp3) is 0.429. The first-order valence-corrected chi connectivity index (χ1v) is 6.07. The first kappa shape index (κ1) is 15.2. The molecular formula is C14H20N2O3. The van der Waals surface area contributed by atoms with Crippen LogP contribution in [0.3, 0.4) is 0 Å². The van der Waals surface area contributed by atoms with E-state index in [-0.39, 0.29) is 0 Å². The molecule has 19 heavy (non-hydrogen) atoms. The van der Waals surface area contributed by atoms with E-state index >= 15 is 0 Å². The molecule has 0 aliphatic carbocycles. The lowest BCUT2D eigenvalue weighted by Gasteiger charge is -2.28. The van der Waals surface area contributed by atoms with Crippen molar-refractivity contribution in [3.63, 3.8) is 0 Å². The predicted molar refractivity (Wildman–Crippen MR) is 72.4 cm³/mol. The zero-order valence-electron chi connectivity index (χ0n) is 11.4. The highest BCUT2D eigenvalue weighted by atomic mass is 16.4. The van der Waals surface area contributed by atoms with Crippen LogP contribution in [0.5, 0.6) is 0 Å². The third-order valence-corrected chi connectivity index (χ3v) is 2.84. The molecule has 0 spiro atoms. The van der Waals surface area contributed by atoms with Crippen molar-refractivity contribution in [1.82, 2.24) is 5.32 Å². The zero-order chi connectivity index (χ0) is 14.6. The van der Waals surface area contributed by atoms with Gasteiger partial charge >= 0.3 is 5.97 Å². The molecule has 0 saturated carbocycles. The smallest absolute Gasteiger partial charge is 0.326 e. The molecule has 0 aliphatic heterocycles. The molecule has 1 aromatic carbocycles. The highest BCUT2D eigenvalue weighted by Gasteiger charge is 2.33. The molecule has 0 bridgehead atoms. The highest BCUT2D eigenvalue weighted by molar-refractivity contribution is 5.88. The molecule has 5 nitrogen and oxygen atoms in total. The van der Waals surface area contributed by atoms with Crippen molar-refractivity contribution in [1.29, 1.82) is 0 Å². The summed E-state index contributed by atoms with van der Waals surface area (Å²) >= 11 is 0. The molecule has 1 amide bonds. The maximum Gasteiger partial charge on any atom is 0.326 e. The van der Waals surface area contributed by atoms with Gasteiger partial charge in [-0.25, -0.2) is 4.79 Å². The Balaban J connectivity index is 2.81. The number of amides is 1. The number of rotatable bonds is 4. The summed E-state index contributed by atoms with van der Waals surface area (Å²) in [6.45, 7) is 5.25. The summed E-state index contributed by atoms with van der Waals surface area (Å²) in [6.07, 6.45) is 0. The Morgan fingerprint density at radius 3 is 2.16 bits per heavy atom. The standard InChI is InChI=1S/C14H20N2O3/c1-14(2,3)11(13(18)19)16-12(17)10(15)9-7-5-4-6-8-9/h4-8,10-11H,15H2,1-3H3,(H,16,17)(H,18,19)/t10-,11?/m0/s1. The van der Waals surface area contributed by atoms with Crippen LogP contribution in [0.4, 0.5) is 0 Å². The number of carbonyl (C=O) groups excluding carboxylic acids is 1. The Hall–Kier alpha value is -1.88. The SMILES string of the molecule is CC(C)(C)C(NC(=O)[C@@H](N)c1ccccc1)C(=O)O. The van der Waals surface area contributed by atoms with Gasteiger partial charge in [0.2, 0.25) is 5.91 Å². The van der Waals surface area contributed by atoms with Crippen LogP contribution in [0.1, 0.15) is 32.4 Å². The molecule has 0 aromatic heterocycles. The summed E-state index contributed by atoms with van der Waals surface area (Å²) in [4.78, 5) is 23.2. The van der Waals surface area contributed by atoms with Gasteiger partial charge in [-0.05, 0) is 11.0 Å². The van der Waals surface area contributed by atoms with Crippen LogP contribution in [-0.4, -0.2) is 23.0 Å². The first-order valence-electron chi connectivity index (χ1n) is 6.07. The third kappa shape index (κ3) is 4.06. The van der Waals surface area contributed by atoms with E-state index in [9.17, 15) is 9.59 Å². The van der Waals surface area contributed by atoms with Gasteiger partial charge in [0.25, 0.3) is 0 Å². The summed E-state index contributed by atoms with van der Waals surface area (Å²) < 4.78 is 0. The Labute approximate surface area is 112 Å². The fourth-order valence-corrected chi connectivity index (χ4v) is 1.69. The second kappa shape index (κ2) is 5.84. The van der Waals surface area contributed by atoms with Crippen LogP contribution >= 0.6 is 0 Å². The topological polar surface area (TPSA) is 92.4 Å². The molecule has 2 atom stereocenters. The molecule has 0 heterocycles. The summed E-state index contributed by atoms with van der Waals surface area (Å²) in [6, 6.07) is 7.00. The second-order valence-electron chi connectivity index (χ2n) is 5.53. The van der Waals surface area contributed by atoms with Crippen molar-refractivity contribution < 1.29 is 14.7 Å². The lowest BCUT2D eigenvalue weighted by molar-refractivity contribution is -0.145. The number of hydrogen-bond acceptors (Lipinski definition) is 3. The minimum atomic E-state index is -1.07. The summed E-state index contributed by atoms with van der Waals surface area (Å²) in [5, 5.41) is 11.6. The second-order valence-corrected chi connectivity index (χ2v) is 5.53. The van der Waals surface area contributed by atoms with E-state index in [2.05, 4.69) is 5.32 Å². The van der Waals surface area contributed by atoms with Gasteiger partial charge in [-0.2, -0.15) is 0 Å². The van der Waals surface area contributed by atoms with Gasteiger partial charge in [0, 0.05) is 0 Å². The number of aliphatic carboxylic acids is 1. The minimum absolute atomic E-state index is 0.492. The number of carboxylic acid groups (broad SMARTS) is 1. The number of hydrogen-bond donors (Lipinski definition) is 3. The average Bonchev–Trinajstić information content (AvgIpc) is 2.34. The van der Waals surface area contributed by atoms with Gasteiger partial charge in [0.05, 0.1) is 0 Å². The lowest BCUT2D eigenvalue weighted by atomic mass is 9.86. The molecule has 1 rings (SSSR count). The van der Waals surface area contributed by atoms with E-state index in [0.29, 0.717) is 5.56 Å². The van der Waals surface area contributed by atoms with Gasteiger partial charge in [0.1, 0.15) is 12.1 Å². The molecular weight excluding hydrogens is 244 g/mol. The third-order valence-electron chi connectivity index (χ3n) is 2.84. The normalized spacial score (nSPS) is 14.5. The minimum Gasteiger partial charge on any atom is -0.480 e. The summed E-state index contributed by atoms with van der Waals surface area (Å²) in [5.41, 5.74) is 5.89. The van der Waals surface area contributed by atoms with Crippen LogP contribution in [0, 0.1) is 5.41 Å². The lowest BCUT2D eigenvalue weighted by Crippen LogP contribution is -2.51. The van der Waals surface area contributed by atoms with Crippen LogP contribution < -0.4 is 11.1 Å². The van der Waals surface area contributed by atoms with Gasteiger partial charge in [0.15, 0.2) is 0 Å². The Bertz CT molecular complexity index is 452. The van der Waals surface area contributed by atoms with E-state index in [0.717, 1.165) is 0 Å². The summed E-state index contributed by atoms with van der Waals surface area (Å²) in [7, 11) is 0. The van der Waals surface area contributed by atoms with Crippen LogP contribution in [0.2, 0.25) is 0 Å². The van der Waals surface area contributed by atoms with Crippen molar-refractivity contribution in [3.05, 3.63) is 35.9 Å². The van der Waals surface area contributed by atoms with Crippen molar-refractivity contribution in [3.8, 4) is 0 Å². The van der Waals surface area contributed by atoms with Gasteiger partial charge in [-0.1, -0.05) is 51.1 Å². The molecule has 1 aromatic rings. The van der Waals surface area contributed by atoms with Crippen molar-refractivity contribution in [2.75, 3.05) is 0 Å². The predicted octanol–water partition coefficient (Wildman–Crippen LogP) is 1.30. The number of benzene rings is 1. The molecule has 1 unspecified atom stereocenters. The largest absolute Gasteiger partial charge is 0.480 e. The molecule has 104 valence electrons. The van der Waals surface area contributed by atoms with E-state index in [1.54, 1.807) is 45.0 Å². The van der Waals surface area contributed by atoms with Gasteiger partial charge < -0.3 is 16.2 Å². The number of nitrogens with two attached hydrogens (primary N) is 1. The maximum absolute atomic E-state index is 12.0. The monoisotopic (exact) mass is 264 g/mol. The first-order chi connectivity index (χ1) is 8.73. The molecule has 0 aliphatic rings. The quantitative estimate of drug-likeness (QED) is 0.764. The maximum atomic E-state index is 12.0. The van der Waals surface area contributed by atoms with E-state index in [1.807, 2.05) is 6.07 Å². The number of nitrogens with one attached hydrogen (secondary N) is 1. The number of carbonyl (C=O) groups is 2. The summed E-state index contributed by atoms with van der Waals surface area (Å²) in [5.74, 6) is -1.56. The van der Waals surface area contributed by atoms with E-state index < -0.39 is 29.4 Å². The van der Waals surface area contributed by atoms with Crippen molar-refractivity contribution in [2.24, 2.45) is 11.1 Å². The Kier molecular flexibility index (Phi) is 4.67. The highest BCUT2D eigenvalue weighted by Crippen LogP contribution is 2.20. The van der Waals surface area contributed by atoms with Gasteiger partial charge in [-0.3, -0.25) is 4.79 Å².